The molecule has 1 aromatic heterocycles. The quantitative estimate of drug-likeness (QED) is 0.519. The van der Waals surface area contributed by atoms with Gasteiger partial charge in [0.1, 0.15) is 6.04 Å². The molecule has 0 radical (unpaired) electrons. The number of imidazole rings is 1. The van der Waals surface area contributed by atoms with E-state index in [2.05, 4.69) is 22.1 Å². The van der Waals surface area contributed by atoms with Gasteiger partial charge in [-0.25, -0.2) is 4.79 Å². The number of aryl methyl sites for hydroxylation is 1. The fraction of sp³-hybridized carbons (Fsp3) is 0.593. The maximum Gasteiger partial charge on any atom is 0.329 e. The Kier molecular flexibility index (Phi) is 6.81. The standard InChI is InChI=1S/C27H35N5O3/c1-30-24-16-19(6-9-22(24)32(27(30)35)23-10-11-25(33)29-26(23)34)3-2-18-12-14-31(15-13-18)17-20-4-7-21(28)8-5-20/h6,9,16,18,20-21,23H,4-5,7-8,10-15,17,28H2,1H3,(H,29,33,34)/t20-,21-,23?. The van der Waals surface area contributed by atoms with Crippen LogP contribution < -0.4 is 16.7 Å². The van der Waals surface area contributed by atoms with E-state index in [1.54, 1.807) is 11.6 Å². The van der Waals surface area contributed by atoms with Gasteiger partial charge in [0.2, 0.25) is 11.8 Å². The van der Waals surface area contributed by atoms with Crippen LogP contribution in [0, 0.1) is 23.7 Å². The van der Waals surface area contributed by atoms with Crippen LogP contribution in [0.15, 0.2) is 23.0 Å². The van der Waals surface area contributed by atoms with E-state index in [1.807, 2.05) is 18.2 Å². The third-order valence-electron chi connectivity index (χ3n) is 8.03. The summed E-state index contributed by atoms with van der Waals surface area (Å²) in [6, 6.07) is 5.44. The van der Waals surface area contributed by atoms with Gasteiger partial charge in [0.25, 0.3) is 0 Å². The van der Waals surface area contributed by atoms with Crippen molar-refractivity contribution >= 4 is 22.8 Å². The molecule has 3 N–H and O–H groups in total. The number of hydrogen-bond donors (Lipinski definition) is 2. The summed E-state index contributed by atoms with van der Waals surface area (Å²) in [5, 5.41) is 2.35. The number of amides is 2. The van der Waals surface area contributed by atoms with Crippen molar-refractivity contribution in [2.45, 2.75) is 63.5 Å². The molecule has 1 saturated carbocycles. The van der Waals surface area contributed by atoms with E-state index in [1.165, 1.54) is 36.8 Å². The van der Waals surface area contributed by atoms with E-state index in [4.69, 9.17) is 5.73 Å². The van der Waals surface area contributed by atoms with E-state index >= 15 is 0 Å². The summed E-state index contributed by atoms with van der Waals surface area (Å²) in [6.07, 6.45) is 7.60. The van der Waals surface area contributed by atoms with Crippen LogP contribution >= 0.6 is 0 Å². The van der Waals surface area contributed by atoms with Gasteiger partial charge in [-0.3, -0.25) is 24.0 Å². The third kappa shape index (κ3) is 5.07. The Bertz CT molecular complexity index is 1230. The largest absolute Gasteiger partial charge is 0.329 e. The van der Waals surface area contributed by atoms with Crippen LogP contribution in [0.4, 0.5) is 0 Å². The normalized spacial score (nSPS) is 26.4. The second-order valence-corrected chi connectivity index (χ2v) is 10.5. The minimum Gasteiger partial charge on any atom is -0.328 e. The van der Waals surface area contributed by atoms with Crippen molar-refractivity contribution in [2.75, 3.05) is 19.6 Å². The van der Waals surface area contributed by atoms with Gasteiger partial charge < -0.3 is 10.6 Å². The molecule has 0 spiro atoms. The number of likely N-dealkylation sites (tertiary alicyclic amines) is 1. The zero-order chi connectivity index (χ0) is 24.5. The fourth-order valence-electron chi connectivity index (χ4n) is 5.85. The minimum atomic E-state index is -0.670. The number of nitrogens with one attached hydrogen (secondary N) is 1. The summed E-state index contributed by atoms with van der Waals surface area (Å²) in [5.41, 5.74) is 8.09. The van der Waals surface area contributed by atoms with Gasteiger partial charge in [0.15, 0.2) is 0 Å². The number of aromatic nitrogens is 2. The number of imide groups is 1. The average molecular weight is 478 g/mol. The van der Waals surface area contributed by atoms with Crippen LogP contribution in [-0.4, -0.2) is 51.5 Å². The Morgan fingerprint density at radius 2 is 1.74 bits per heavy atom. The van der Waals surface area contributed by atoms with E-state index in [9.17, 15) is 14.4 Å². The number of benzene rings is 1. The summed E-state index contributed by atoms with van der Waals surface area (Å²) < 4.78 is 3.06. The maximum absolute atomic E-state index is 12.9. The van der Waals surface area contributed by atoms with Crippen molar-refractivity contribution in [3.8, 4) is 11.8 Å². The van der Waals surface area contributed by atoms with Gasteiger partial charge >= 0.3 is 5.69 Å². The van der Waals surface area contributed by atoms with Crippen molar-refractivity contribution < 1.29 is 9.59 Å². The smallest absolute Gasteiger partial charge is 0.328 e. The number of carbonyl (C=O) groups excluding carboxylic acids is 2. The van der Waals surface area contributed by atoms with Crippen molar-refractivity contribution in [2.24, 2.45) is 24.6 Å². The molecular weight excluding hydrogens is 442 g/mol. The monoisotopic (exact) mass is 477 g/mol. The molecule has 2 aromatic rings. The number of carbonyl (C=O) groups is 2. The molecule has 1 aliphatic carbocycles. The third-order valence-corrected chi connectivity index (χ3v) is 8.03. The molecule has 8 heteroatoms. The Balaban J connectivity index is 1.25. The first-order chi connectivity index (χ1) is 16.9. The lowest BCUT2D eigenvalue weighted by molar-refractivity contribution is -0.135. The van der Waals surface area contributed by atoms with E-state index < -0.39 is 11.9 Å². The second kappa shape index (κ2) is 10.00. The van der Waals surface area contributed by atoms with Crippen LogP contribution in [0.5, 0.6) is 0 Å². The highest BCUT2D eigenvalue weighted by Gasteiger charge is 2.31. The molecule has 35 heavy (non-hydrogen) atoms. The van der Waals surface area contributed by atoms with Gasteiger partial charge in [0.05, 0.1) is 11.0 Å². The number of rotatable bonds is 3. The molecule has 3 heterocycles. The summed E-state index contributed by atoms with van der Waals surface area (Å²) in [5.74, 6) is 7.26. The Hall–Kier alpha value is -2.89. The average Bonchev–Trinajstić information content (AvgIpc) is 3.10. The Morgan fingerprint density at radius 1 is 1.00 bits per heavy atom. The highest BCUT2D eigenvalue weighted by molar-refractivity contribution is 6.00. The maximum atomic E-state index is 12.9. The number of hydrogen-bond acceptors (Lipinski definition) is 5. The Morgan fingerprint density at radius 3 is 2.46 bits per heavy atom. The van der Waals surface area contributed by atoms with Gasteiger partial charge in [0, 0.05) is 37.5 Å². The molecule has 3 aliphatic rings. The summed E-state index contributed by atoms with van der Waals surface area (Å²) in [7, 11) is 1.71. The number of piperidine rings is 2. The lowest BCUT2D eigenvalue weighted by atomic mass is 9.85. The Labute approximate surface area is 205 Å². The van der Waals surface area contributed by atoms with Crippen molar-refractivity contribution in [3.05, 3.63) is 34.2 Å². The lowest BCUT2D eigenvalue weighted by Crippen LogP contribution is -2.44. The fourth-order valence-corrected chi connectivity index (χ4v) is 5.85. The number of nitrogens with zero attached hydrogens (tertiary/aromatic N) is 3. The van der Waals surface area contributed by atoms with E-state index in [-0.39, 0.29) is 18.0 Å². The second-order valence-electron chi connectivity index (χ2n) is 10.5. The molecule has 5 rings (SSSR count). The molecule has 3 fully saturated rings. The molecule has 0 bridgehead atoms. The highest BCUT2D eigenvalue weighted by atomic mass is 16.2. The molecule has 1 atom stereocenters. The van der Waals surface area contributed by atoms with Gasteiger partial charge in [-0.2, -0.15) is 0 Å². The van der Waals surface area contributed by atoms with Crippen molar-refractivity contribution in [3.63, 3.8) is 0 Å². The van der Waals surface area contributed by atoms with E-state index in [0.29, 0.717) is 23.9 Å². The summed E-state index contributed by atoms with van der Waals surface area (Å²) >= 11 is 0. The van der Waals surface area contributed by atoms with Crippen molar-refractivity contribution in [1.29, 1.82) is 0 Å². The molecule has 1 aromatic carbocycles. The topological polar surface area (TPSA) is 102 Å². The number of nitrogens with two attached hydrogens (primary N) is 1. The molecule has 186 valence electrons. The first-order valence-electron chi connectivity index (χ1n) is 12.9. The predicted octanol–water partition coefficient (Wildman–Crippen LogP) is 1.90. The zero-order valence-corrected chi connectivity index (χ0v) is 20.5. The zero-order valence-electron chi connectivity index (χ0n) is 20.5. The van der Waals surface area contributed by atoms with Crippen molar-refractivity contribution in [1.82, 2.24) is 19.4 Å². The first kappa shape index (κ1) is 23.8. The molecule has 8 nitrogen and oxygen atoms in total. The van der Waals surface area contributed by atoms with Crippen LogP contribution in [0.25, 0.3) is 11.0 Å². The molecule has 2 aliphatic heterocycles. The van der Waals surface area contributed by atoms with E-state index in [0.717, 1.165) is 42.9 Å². The summed E-state index contributed by atoms with van der Waals surface area (Å²) in [4.78, 5) is 39.4. The van der Waals surface area contributed by atoms with Crippen LogP contribution in [0.3, 0.4) is 0 Å². The minimum absolute atomic E-state index is 0.233. The summed E-state index contributed by atoms with van der Waals surface area (Å²) in [6.45, 7) is 3.40. The van der Waals surface area contributed by atoms with Gasteiger partial charge in [-0.05, 0) is 82.2 Å². The molecule has 2 saturated heterocycles. The SMILES string of the molecule is Cn1c(=O)n(C2CCC(=O)NC2=O)c2ccc(C#CC3CCN(C[C@H]4CC[C@H](N)CC4)CC3)cc21. The highest BCUT2D eigenvalue weighted by Crippen LogP contribution is 2.27. The van der Waals surface area contributed by atoms with Crippen LogP contribution in [0.2, 0.25) is 0 Å². The van der Waals surface area contributed by atoms with Crippen LogP contribution in [-0.2, 0) is 16.6 Å². The predicted molar refractivity (Wildman–Crippen MR) is 135 cm³/mol. The molecular formula is C27H35N5O3. The first-order valence-corrected chi connectivity index (χ1v) is 12.9. The number of fused-ring (bicyclic) bond motifs is 1. The van der Waals surface area contributed by atoms with Crippen LogP contribution in [0.1, 0.15) is 63.0 Å². The molecule has 1 unspecified atom stereocenters. The van der Waals surface area contributed by atoms with Gasteiger partial charge in [-0.15, -0.1) is 0 Å². The van der Waals surface area contributed by atoms with Gasteiger partial charge in [-0.1, -0.05) is 11.8 Å². The lowest BCUT2D eigenvalue weighted by Gasteiger charge is -2.35. The molecule has 2 amide bonds.